The zero-order chi connectivity index (χ0) is 24.7. The Morgan fingerprint density at radius 3 is 2.65 bits per heavy atom. The van der Waals surface area contributed by atoms with Crippen molar-refractivity contribution in [2.24, 2.45) is 0 Å². The van der Waals surface area contributed by atoms with Gasteiger partial charge in [-0.15, -0.1) is 11.3 Å². The van der Waals surface area contributed by atoms with Crippen LogP contribution in [0.15, 0.2) is 4.79 Å². The van der Waals surface area contributed by atoms with Gasteiger partial charge in [-0.1, -0.05) is 26.2 Å². The maximum absolute atomic E-state index is 12.9. The van der Waals surface area contributed by atoms with Gasteiger partial charge in [0.1, 0.15) is 28.2 Å². The second kappa shape index (κ2) is 12.4. The monoisotopic (exact) mass is 493 g/mol. The molecule has 10 heteroatoms. The summed E-state index contributed by atoms with van der Waals surface area (Å²) in [7, 11) is 0. The predicted octanol–water partition coefficient (Wildman–Crippen LogP) is 3.31. The van der Waals surface area contributed by atoms with Gasteiger partial charge in [0.25, 0.3) is 5.56 Å². The highest BCUT2D eigenvalue weighted by molar-refractivity contribution is 7.20. The third-order valence-corrected chi connectivity index (χ3v) is 7.26. The second-order valence-electron chi connectivity index (χ2n) is 8.78. The van der Waals surface area contributed by atoms with Crippen LogP contribution in [-0.2, 0) is 20.8 Å². The number of ether oxygens (including phenoxy) is 2. The van der Waals surface area contributed by atoms with Crippen LogP contribution >= 0.6 is 11.3 Å². The van der Waals surface area contributed by atoms with E-state index in [0.29, 0.717) is 52.4 Å². The van der Waals surface area contributed by atoms with E-state index < -0.39 is 12.1 Å². The van der Waals surface area contributed by atoms with Gasteiger partial charge in [0.2, 0.25) is 0 Å². The number of hydrogen-bond donors (Lipinski definition) is 2. The molecule has 0 radical (unpaired) electrons. The zero-order valence-corrected chi connectivity index (χ0v) is 21.0. The van der Waals surface area contributed by atoms with E-state index in [1.54, 1.807) is 13.8 Å². The molecule has 1 aliphatic carbocycles. The van der Waals surface area contributed by atoms with Crippen molar-refractivity contribution in [1.29, 1.82) is 0 Å². The topological polar surface area (TPSA) is 122 Å². The van der Waals surface area contributed by atoms with E-state index in [4.69, 9.17) is 9.47 Å². The summed E-state index contributed by atoms with van der Waals surface area (Å²) in [6, 6.07) is 0.246. The van der Waals surface area contributed by atoms with Crippen molar-refractivity contribution in [1.82, 2.24) is 14.9 Å². The van der Waals surface area contributed by atoms with Crippen LogP contribution in [-0.4, -0.2) is 63.8 Å². The minimum absolute atomic E-state index is 0.0575. The second-order valence-corrected chi connectivity index (χ2v) is 9.78. The van der Waals surface area contributed by atoms with E-state index in [2.05, 4.69) is 14.9 Å². The van der Waals surface area contributed by atoms with E-state index in [-0.39, 0.29) is 30.8 Å². The number of H-pyrrole nitrogens is 1. The number of esters is 2. The minimum atomic E-state index is -0.836. The first-order valence-electron chi connectivity index (χ1n) is 12.1. The Bertz CT molecular complexity index is 1040. The SMILES string of the molecule is CCCC(=O)OC[C@H](O)CN(Cc1nc2sc(C(=O)OCC)c(C)c2c(=O)[nH]1)C1CCCCC1. The lowest BCUT2D eigenvalue weighted by molar-refractivity contribution is -0.147. The Labute approximate surface area is 203 Å². The molecule has 2 aromatic heterocycles. The van der Waals surface area contributed by atoms with Gasteiger partial charge in [0.15, 0.2) is 0 Å². The lowest BCUT2D eigenvalue weighted by Gasteiger charge is -2.35. The first-order valence-corrected chi connectivity index (χ1v) is 12.9. The van der Waals surface area contributed by atoms with Gasteiger partial charge in [-0.05, 0) is 38.7 Å². The molecule has 1 saturated carbocycles. The predicted molar refractivity (Wildman–Crippen MR) is 130 cm³/mol. The Kier molecular flexibility index (Phi) is 9.61. The van der Waals surface area contributed by atoms with E-state index in [1.807, 2.05) is 6.92 Å². The molecule has 2 heterocycles. The summed E-state index contributed by atoms with van der Waals surface area (Å²) < 4.78 is 10.3. The van der Waals surface area contributed by atoms with Crippen molar-refractivity contribution in [3.8, 4) is 0 Å². The van der Waals surface area contributed by atoms with E-state index in [0.717, 1.165) is 37.0 Å². The van der Waals surface area contributed by atoms with Crippen molar-refractivity contribution in [3.63, 3.8) is 0 Å². The average Bonchev–Trinajstić information content (AvgIpc) is 3.15. The van der Waals surface area contributed by atoms with Gasteiger partial charge in [0.05, 0.1) is 18.5 Å². The fourth-order valence-corrected chi connectivity index (χ4v) is 5.52. The van der Waals surface area contributed by atoms with Crippen LogP contribution in [0, 0.1) is 6.92 Å². The molecule has 1 fully saturated rings. The number of rotatable bonds is 11. The summed E-state index contributed by atoms with van der Waals surface area (Å²) in [5.41, 5.74) is 0.286. The normalized spacial score (nSPS) is 15.6. The smallest absolute Gasteiger partial charge is 0.348 e. The molecule has 0 unspecified atom stereocenters. The molecular formula is C24H35N3O6S. The van der Waals surface area contributed by atoms with Crippen LogP contribution in [0.4, 0.5) is 0 Å². The molecule has 1 aliphatic rings. The molecule has 188 valence electrons. The number of aliphatic hydroxyl groups is 1. The molecule has 0 amide bonds. The van der Waals surface area contributed by atoms with E-state index in [1.165, 1.54) is 6.42 Å². The number of aryl methyl sites for hydroxylation is 1. The fourth-order valence-electron chi connectivity index (χ4n) is 4.42. The lowest BCUT2D eigenvalue weighted by Crippen LogP contribution is -2.43. The van der Waals surface area contributed by atoms with Crippen LogP contribution < -0.4 is 5.56 Å². The number of carbonyl (C=O) groups excluding carboxylic acids is 2. The number of aromatic nitrogens is 2. The molecule has 2 N–H and O–H groups in total. The minimum Gasteiger partial charge on any atom is -0.463 e. The number of nitrogens with zero attached hydrogens (tertiary/aromatic N) is 2. The van der Waals surface area contributed by atoms with Gasteiger partial charge in [-0.2, -0.15) is 0 Å². The third-order valence-electron chi connectivity index (χ3n) is 6.09. The maximum atomic E-state index is 12.9. The number of carbonyl (C=O) groups is 2. The summed E-state index contributed by atoms with van der Waals surface area (Å²) in [5.74, 6) is -0.281. The van der Waals surface area contributed by atoms with Gasteiger partial charge < -0.3 is 19.6 Å². The average molecular weight is 494 g/mol. The summed E-state index contributed by atoms with van der Waals surface area (Å²) >= 11 is 1.16. The Morgan fingerprint density at radius 2 is 1.97 bits per heavy atom. The number of nitrogens with one attached hydrogen (secondary N) is 1. The van der Waals surface area contributed by atoms with E-state index >= 15 is 0 Å². The molecule has 34 heavy (non-hydrogen) atoms. The van der Waals surface area contributed by atoms with Crippen molar-refractivity contribution in [3.05, 3.63) is 26.6 Å². The first-order chi connectivity index (χ1) is 16.3. The van der Waals surface area contributed by atoms with Crippen molar-refractivity contribution < 1.29 is 24.2 Å². The Morgan fingerprint density at radius 1 is 1.24 bits per heavy atom. The molecule has 0 aliphatic heterocycles. The maximum Gasteiger partial charge on any atom is 0.348 e. The van der Waals surface area contributed by atoms with Crippen LogP contribution in [0.2, 0.25) is 0 Å². The Balaban J connectivity index is 1.80. The zero-order valence-electron chi connectivity index (χ0n) is 20.2. The molecular weight excluding hydrogens is 458 g/mol. The summed E-state index contributed by atoms with van der Waals surface area (Å²) in [6.45, 7) is 6.23. The molecule has 9 nitrogen and oxygen atoms in total. The molecule has 3 rings (SSSR count). The Hall–Kier alpha value is -2.30. The summed E-state index contributed by atoms with van der Waals surface area (Å²) in [5, 5.41) is 11.0. The molecule has 0 bridgehead atoms. The summed E-state index contributed by atoms with van der Waals surface area (Å²) in [6.07, 6.45) is 5.60. The number of hydrogen-bond acceptors (Lipinski definition) is 9. The number of fused-ring (bicyclic) bond motifs is 1. The number of aromatic amines is 1. The molecule has 0 aromatic carbocycles. The van der Waals surface area contributed by atoms with Crippen LogP contribution in [0.5, 0.6) is 0 Å². The highest BCUT2D eigenvalue weighted by Crippen LogP contribution is 2.28. The highest BCUT2D eigenvalue weighted by atomic mass is 32.1. The van der Waals surface area contributed by atoms with Crippen molar-refractivity contribution in [2.75, 3.05) is 19.8 Å². The molecule has 2 aromatic rings. The number of aliphatic hydroxyl groups excluding tert-OH is 1. The van der Waals surface area contributed by atoms with E-state index in [9.17, 15) is 19.5 Å². The quantitative estimate of drug-likeness (QED) is 0.457. The fraction of sp³-hybridized carbons (Fsp3) is 0.667. The molecule has 0 saturated heterocycles. The van der Waals surface area contributed by atoms with Gasteiger partial charge in [-0.3, -0.25) is 14.5 Å². The standard InChI is InChI=1S/C24H35N3O6S/c1-4-9-19(29)33-14-17(28)12-27(16-10-7-6-8-11-16)13-18-25-22(30)20-15(3)21(24(31)32-5-2)34-23(20)26-18/h16-17,28H,4-14H2,1-3H3,(H,25,26,30)/t17-/m1/s1. The van der Waals surface area contributed by atoms with Gasteiger partial charge in [0, 0.05) is 19.0 Å². The molecule has 1 atom stereocenters. The third kappa shape index (κ3) is 6.64. The highest BCUT2D eigenvalue weighted by Gasteiger charge is 2.26. The molecule has 0 spiro atoms. The lowest BCUT2D eigenvalue weighted by atomic mass is 9.94. The largest absolute Gasteiger partial charge is 0.463 e. The summed E-state index contributed by atoms with van der Waals surface area (Å²) in [4.78, 5) is 47.3. The number of thiophene rings is 1. The van der Waals surface area contributed by atoms with Crippen LogP contribution in [0.3, 0.4) is 0 Å². The van der Waals surface area contributed by atoms with Crippen LogP contribution in [0.25, 0.3) is 10.2 Å². The van der Waals surface area contributed by atoms with Crippen molar-refractivity contribution in [2.45, 2.75) is 84.4 Å². The van der Waals surface area contributed by atoms with Crippen LogP contribution in [0.1, 0.15) is 79.9 Å². The van der Waals surface area contributed by atoms with Gasteiger partial charge >= 0.3 is 11.9 Å². The van der Waals surface area contributed by atoms with Crippen molar-refractivity contribution >= 4 is 33.5 Å². The first kappa shape index (κ1) is 26.3. The van der Waals surface area contributed by atoms with Gasteiger partial charge in [-0.25, -0.2) is 9.78 Å².